The van der Waals surface area contributed by atoms with E-state index in [-0.39, 0.29) is 41.6 Å². The lowest BCUT2D eigenvalue weighted by atomic mass is 9.99. The lowest BCUT2D eigenvalue weighted by Crippen LogP contribution is -2.61. The number of fused-ring (bicyclic) bond motifs is 4. The van der Waals surface area contributed by atoms with Crippen LogP contribution < -0.4 is 53.8 Å². The number of hydrogen-bond donors (Lipinski definition) is 16. The molecule has 6 rings (SSSR count). The maximum absolute atomic E-state index is 13.8. The molecule has 0 fully saturated rings. The second-order valence-electron chi connectivity index (χ2n) is 19.4. The van der Waals surface area contributed by atoms with Crippen molar-refractivity contribution in [2.45, 2.75) is 87.2 Å². The number of carbonyl (C=O) groups excluding carboxylic acids is 7. The summed E-state index contributed by atoms with van der Waals surface area (Å²) in [6.45, 7) is -0.619. The second-order valence-corrected chi connectivity index (χ2v) is 20.9. The number of carbonyl (C=O) groups is 12. The van der Waals surface area contributed by atoms with Crippen LogP contribution in [0.1, 0.15) is 71.6 Å². The van der Waals surface area contributed by atoms with E-state index in [1.54, 1.807) is 0 Å². The van der Waals surface area contributed by atoms with Crippen LogP contribution in [-0.4, -0.2) is 177 Å². The number of thioether (sulfide) groups is 1. The molecule has 87 heavy (non-hydrogen) atoms. The van der Waals surface area contributed by atoms with Crippen molar-refractivity contribution in [3.63, 3.8) is 0 Å². The summed E-state index contributed by atoms with van der Waals surface area (Å²) in [5, 5.41) is 66.5. The first-order valence-corrected chi connectivity index (χ1v) is 28.1. The van der Waals surface area contributed by atoms with Crippen molar-refractivity contribution in [3.8, 4) is 11.1 Å². The quantitative estimate of drug-likeness (QED) is 0.0173. The Balaban J connectivity index is 1.04. The molecular weight excluding hydrogens is 1180 g/mol. The predicted molar refractivity (Wildman–Crippen MR) is 311 cm³/mol. The third-order valence-electron chi connectivity index (χ3n) is 13.1. The van der Waals surface area contributed by atoms with Crippen LogP contribution in [0.2, 0.25) is 0 Å². The molecule has 3 aromatic carbocycles. The molecule has 0 saturated carbocycles. The first-order valence-electron chi connectivity index (χ1n) is 26.3. The van der Waals surface area contributed by atoms with E-state index in [0.717, 1.165) is 22.3 Å². The van der Waals surface area contributed by atoms with Gasteiger partial charge in [-0.25, -0.2) is 19.6 Å². The zero-order chi connectivity index (χ0) is 63.5. The van der Waals surface area contributed by atoms with Crippen molar-refractivity contribution in [2.24, 2.45) is 0 Å². The number of rotatable bonds is 33. The van der Waals surface area contributed by atoms with Crippen LogP contribution >= 0.6 is 24.4 Å². The van der Waals surface area contributed by atoms with E-state index in [9.17, 15) is 87.9 Å². The van der Waals surface area contributed by atoms with Gasteiger partial charge in [-0.2, -0.15) is 29.4 Å². The third kappa shape index (κ3) is 19.2. The van der Waals surface area contributed by atoms with Crippen LogP contribution in [-0.2, 0) is 59.3 Å². The van der Waals surface area contributed by atoms with Crippen LogP contribution in [0, 0.1) is 0 Å². The average molecular weight is 1240 g/mol. The van der Waals surface area contributed by atoms with Crippen LogP contribution in [0.5, 0.6) is 0 Å². The molecule has 31 nitrogen and oxygen atoms in total. The van der Waals surface area contributed by atoms with E-state index in [1.165, 1.54) is 42.2 Å². The van der Waals surface area contributed by atoms with Crippen molar-refractivity contribution in [1.29, 1.82) is 0 Å². The monoisotopic (exact) mass is 1240 g/mol. The number of anilines is 2. The molecule has 0 bridgehead atoms. The standard InChI is InChI=1S/C54H59N13O18S2/c55-54-66-45-44(51(81)67-54)59-27(21-58-45)20-56-26-11-9-25(10-12-26)46(76)61-33(52(82)83)13-14-40(69)60-34(17-41(70)71)47(77)62-35(18-42(72)73)48(78)63-36(19-43(74)75)49(79)64-37(50(80)65-38(23-86)53(84)85)22-57-39(68)15-16-87-24-32-30-7-3-1-5-28(30)29-6-2-4-8-31(29)32/h1-12,21,32-38,56,86H,13-20,22-24H2,(H,57,68)(H,60,69)(H,61,76)(H,62,77)(H,63,78)(H,64,79)(H,65,80)(H,70,71)(H,72,73)(H,74,75)(H,82,83)(H,84,85)(H3,55,58,66,67,81)/t33-,34-,35-,36-,37-,38-/m0/s1. The highest BCUT2D eigenvalue weighted by Crippen LogP contribution is 2.45. The molecule has 2 heterocycles. The van der Waals surface area contributed by atoms with Gasteiger partial charge < -0.3 is 73.8 Å². The molecular formula is C54H59N13O18S2. The van der Waals surface area contributed by atoms with Crippen molar-refractivity contribution >= 4 is 118 Å². The molecule has 2 aromatic heterocycles. The number of carboxylic acid groups (broad SMARTS) is 5. The number of aromatic nitrogens is 4. The summed E-state index contributed by atoms with van der Waals surface area (Å²) in [5.74, 6) is -16.3. The molecule has 5 aromatic rings. The fourth-order valence-electron chi connectivity index (χ4n) is 8.77. The molecule has 7 amide bonds. The van der Waals surface area contributed by atoms with Crippen molar-refractivity contribution in [2.75, 3.05) is 34.9 Å². The summed E-state index contributed by atoms with van der Waals surface area (Å²) >= 11 is 5.40. The van der Waals surface area contributed by atoms with Crippen molar-refractivity contribution < 1.29 is 83.1 Å². The Kier molecular flexibility index (Phi) is 23.6. The van der Waals surface area contributed by atoms with E-state index in [4.69, 9.17) is 5.73 Å². The molecule has 1 aliphatic carbocycles. The number of carboxylic acids is 5. The summed E-state index contributed by atoms with van der Waals surface area (Å²) in [6, 6.07) is 9.85. The Morgan fingerprint density at radius 3 is 1.67 bits per heavy atom. The Morgan fingerprint density at radius 1 is 0.609 bits per heavy atom. The molecule has 0 aliphatic heterocycles. The number of aliphatic carboxylic acids is 5. The van der Waals surface area contributed by atoms with E-state index < -0.39 is 157 Å². The first kappa shape index (κ1) is 66.0. The number of aromatic amines is 1. The topological polar surface area (TPSA) is 500 Å². The number of amides is 7. The number of nitrogens with zero attached hydrogens (tertiary/aromatic N) is 3. The summed E-state index contributed by atoms with van der Waals surface area (Å²) in [6.07, 6.45) is -3.85. The van der Waals surface area contributed by atoms with Gasteiger partial charge >= 0.3 is 29.8 Å². The highest BCUT2D eigenvalue weighted by Gasteiger charge is 2.36. The van der Waals surface area contributed by atoms with Gasteiger partial charge in [-0.15, -0.1) is 0 Å². The zero-order valence-corrected chi connectivity index (χ0v) is 47.4. The van der Waals surface area contributed by atoms with E-state index >= 15 is 0 Å². The Morgan fingerprint density at radius 2 is 1.13 bits per heavy atom. The minimum absolute atomic E-state index is 0.0207. The number of benzene rings is 3. The summed E-state index contributed by atoms with van der Waals surface area (Å²) < 4.78 is 0. The number of nitrogens with two attached hydrogens (primary N) is 1. The zero-order valence-electron chi connectivity index (χ0n) is 45.6. The van der Waals surface area contributed by atoms with Crippen LogP contribution in [0.25, 0.3) is 22.3 Å². The molecule has 16 N–H and O–H groups in total. The van der Waals surface area contributed by atoms with Crippen LogP contribution in [0.4, 0.5) is 11.6 Å². The van der Waals surface area contributed by atoms with Crippen LogP contribution in [0.3, 0.4) is 0 Å². The smallest absolute Gasteiger partial charge is 0.327 e. The highest BCUT2D eigenvalue weighted by atomic mass is 32.2. The Hall–Kier alpha value is -10.2. The van der Waals surface area contributed by atoms with Gasteiger partial charge in [0.1, 0.15) is 36.3 Å². The molecule has 1 aliphatic rings. The molecule has 6 atom stereocenters. The summed E-state index contributed by atoms with van der Waals surface area (Å²) in [7, 11) is 0. The fraction of sp³-hybridized carbons (Fsp3) is 0.333. The lowest BCUT2D eigenvalue weighted by Gasteiger charge is -2.26. The summed E-state index contributed by atoms with van der Waals surface area (Å²) in [5.41, 5.74) is 10.2. The average Bonchev–Trinajstić information content (AvgIpc) is 1.82. The predicted octanol–water partition coefficient (Wildman–Crippen LogP) is -1.21. The molecule has 0 unspecified atom stereocenters. The largest absolute Gasteiger partial charge is 0.481 e. The van der Waals surface area contributed by atoms with Gasteiger partial charge in [0, 0.05) is 53.8 Å². The molecule has 33 heteroatoms. The normalized spacial score (nSPS) is 13.5. The minimum Gasteiger partial charge on any atom is -0.481 e. The third-order valence-corrected chi connectivity index (χ3v) is 14.5. The first-order chi connectivity index (χ1) is 41.4. The number of nitrogens with one attached hydrogen (secondary N) is 9. The van der Waals surface area contributed by atoms with Gasteiger partial charge in [0.15, 0.2) is 11.2 Å². The van der Waals surface area contributed by atoms with Crippen molar-refractivity contribution in [1.82, 2.24) is 57.2 Å². The SMILES string of the molecule is Nc1nc2ncc(CNc3ccc(C(=O)N[C@@H](CCC(=O)N[C@@H](CC(=O)O)C(=O)N[C@@H](CC(=O)O)C(=O)N[C@@H](CC(=O)O)C(=O)N[C@@H](CNC(=O)CCSCC4c5ccccc5-c5ccccc54)C(=O)N[C@@H](CS)C(=O)O)C(=O)O)cc3)nc2c(=O)[nH]1. The van der Waals surface area contributed by atoms with E-state index in [1.807, 2.05) is 59.2 Å². The van der Waals surface area contributed by atoms with Crippen LogP contribution in [0.15, 0.2) is 83.8 Å². The number of H-pyrrole nitrogens is 1. The second kappa shape index (κ2) is 31.1. The number of thiol groups is 1. The molecule has 0 saturated heterocycles. The summed E-state index contributed by atoms with van der Waals surface area (Å²) in [4.78, 5) is 180. The van der Waals surface area contributed by atoms with Crippen molar-refractivity contribution in [3.05, 3.63) is 112 Å². The maximum Gasteiger partial charge on any atom is 0.327 e. The molecule has 0 spiro atoms. The van der Waals surface area contributed by atoms with E-state index in [0.29, 0.717) is 22.9 Å². The van der Waals surface area contributed by atoms with Gasteiger partial charge in [0.25, 0.3) is 11.5 Å². The Labute approximate surface area is 501 Å². The Bertz CT molecular complexity index is 3470. The van der Waals surface area contributed by atoms with E-state index in [2.05, 4.69) is 64.5 Å². The molecule has 0 radical (unpaired) electrons. The number of nitrogen functional groups attached to an aromatic ring is 1. The molecule has 460 valence electrons. The van der Waals surface area contributed by atoms with Gasteiger partial charge in [-0.05, 0) is 52.9 Å². The van der Waals surface area contributed by atoms with Gasteiger partial charge in [0.05, 0.1) is 37.7 Å². The van der Waals surface area contributed by atoms with Gasteiger partial charge in [-0.3, -0.25) is 57.7 Å². The number of hydrogen-bond acceptors (Lipinski definition) is 20. The fourth-order valence-corrected chi connectivity index (χ4v) is 10.1. The minimum atomic E-state index is -2.23. The highest BCUT2D eigenvalue weighted by molar-refractivity contribution is 7.99. The maximum atomic E-state index is 13.8. The van der Waals surface area contributed by atoms with Gasteiger partial charge in [0.2, 0.25) is 41.4 Å². The van der Waals surface area contributed by atoms with Gasteiger partial charge in [-0.1, -0.05) is 48.5 Å². The lowest BCUT2D eigenvalue weighted by molar-refractivity contribution is -0.144.